The average molecular weight is 264 g/mol. The van der Waals surface area contributed by atoms with Crippen molar-refractivity contribution >= 4 is 5.91 Å². The summed E-state index contributed by atoms with van der Waals surface area (Å²) in [7, 11) is 1.85. The summed E-state index contributed by atoms with van der Waals surface area (Å²) in [6.07, 6.45) is -0.560. The van der Waals surface area contributed by atoms with Gasteiger partial charge in [0.05, 0.1) is 12.6 Å². The number of nitrogens with zero attached hydrogens (tertiary/aromatic N) is 2. The van der Waals surface area contributed by atoms with E-state index in [1.807, 2.05) is 56.1 Å². The van der Waals surface area contributed by atoms with Crippen molar-refractivity contribution in [3.63, 3.8) is 0 Å². The van der Waals surface area contributed by atoms with Crippen LogP contribution in [-0.4, -0.2) is 54.0 Å². The molecule has 106 valence electrons. The highest BCUT2D eigenvalue weighted by Gasteiger charge is 2.15. The number of likely N-dealkylation sites (N-methyl/N-ethyl adjacent to an activating group) is 2. The molecule has 0 aliphatic carbocycles. The summed E-state index contributed by atoms with van der Waals surface area (Å²) in [5, 5.41) is 10.1. The lowest BCUT2D eigenvalue weighted by Gasteiger charge is -2.24. The largest absolute Gasteiger partial charge is 0.387 e. The lowest BCUT2D eigenvalue weighted by molar-refractivity contribution is -0.132. The Hall–Kier alpha value is -1.39. The van der Waals surface area contributed by atoms with E-state index in [1.54, 1.807) is 4.90 Å². The van der Waals surface area contributed by atoms with E-state index in [0.717, 1.165) is 18.7 Å². The van der Waals surface area contributed by atoms with E-state index in [9.17, 15) is 9.90 Å². The number of aliphatic hydroxyl groups excluding tert-OH is 1. The van der Waals surface area contributed by atoms with Gasteiger partial charge in [0.1, 0.15) is 0 Å². The van der Waals surface area contributed by atoms with Crippen molar-refractivity contribution in [3.05, 3.63) is 35.9 Å². The maximum Gasteiger partial charge on any atom is 0.236 e. The van der Waals surface area contributed by atoms with Gasteiger partial charge >= 0.3 is 0 Å². The summed E-state index contributed by atoms with van der Waals surface area (Å²) in [6, 6.07) is 9.51. The first-order chi connectivity index (χ1) is 9.08. The molecule has 1 aromatic carbocycles. The van der Waals surface area contributed by atoms with Crippen LogP contribution in [0.2, 0.25) is 0 Å². The van der Waals surface area contributed by atoms with Crippen molar-refractivity contribution in [3.8, 4) is 0 Å². The first-order valence-electron chi connectivity index (χ1n) is 6.77. The summed E-state index contributed by atoms with van der Waals surface area (Å²) in [6.45, 7) is 6.19. The Morgan fingerprint density at radius 2 is 1.79 bits per heavy atom. The standard InChI is InChI=1S/C15H24N2O2/c1-4-17(5-2)15(19)12-16(3)11-14(18)13-9-7-6-8-10-13/h6-10,14,18H,4-5,11-12H2,1-3H3. The molecular formula is C15H24N2O2. The Labute approximate surface area is 115 Å². The van der Waals surface area contributed by atoms with Gasteiger partial charge in [0.25, 0.3) is 0 Å². The summed E-state index contributed by atoms with van der Waals surface area (Å²) in [4.78, 5) is 15.6. The summed E-state index contributed by atoms with van der Waals surface area (Å²) < 4.78 is 0. The topological polar surface area (TPSA) is 43.8 Å². The second-order valence-electron chi connectivity index (χ2n) is 4.69. The zero-order valence-corrected chi connectivity index (χ0v) is 12.0. The van der Waals surface area contributed by atoms with Gasteiger partial charge in [-0.25, -0.2) is 0 Å². The zero-order chi connectivity index (χ0) is 14.3. The Kier molecular flexibility index (Phi) is 6.53. The van der Waals surface area contributed by atoms with Crippen LogP contribution < -0.4 is 0 Å². The van der Waals surface area contributed by atoms with Gasteiger partial charge in [-0.05, 0) is 26.5 Å². The van der Waals surface area contributed by atoms with Crippen LogP contribution in [0.1, 0.15) is 25.5 Å². The van der Waals surface area contributed by atoms with Crippen LogP contribution in [0.5, 0.6) is 0 Å². The van der Waals surface area contributed by atoms with Crippen LogP contribution in [0.3, 0.4) is 0 Å². The van der Waals surface area contributed by atoms with E-state index in [0.29, 0.717) is 13.1 Å². The van der Waals surface area contributed by atoms with Gasteiger partial charge in [0, 0.05) is 19.6 Å². The molecule has 0 saturated heterocycles. The number of aliphatic hydroxyl groups is 1. The Morgan fingerprint density at radius 3 is 2.32 bits per heavy atom. The molecule has 1 N–H and O–H groups in total. The van der Waals surface area contributed by atoms with Gasteiger partial charge in [0.2, 0.25) is 5.91 Å². The van der Waals surface area contributed by atoms with E-state index >= 15 is 0 Å². The summed E-state index contributed by atoms with van der Waals surface area (Å²) >= 11 is 0. The first kappa shape index (κ1) is 15.7. The van der Waals surface area contributed by atoms with Crippen molar-refractivity contribution < 1.29 is 9.90 Å². The molecule has 0 bridgehead atoms. The maximum atomic E-state index is 11.9. The van der Waals surface area contributed by atoms with Gasteiger partial charge in [0.15, 0.2) is 0 Å². The molecule has 0 radical (unpaired) electrons. The van der Waals surface area contributed by atoms with Crippen LogP contribution in [0.15, 0.2) is 30.3 Å². The van der Waals surface area contributed by atoms with E-state index in [-0.39, 0.29) is 5.91 Å². The Bertz CT molecular complexity index is 377. The molecule has 0 aromatic heterocycles. The Balaban J connectivity index is 2.47. The van der Waals surface area contributed by atoms with Gasteiger partial charge in [-0.2, -0.15) is 0 Å². The predicted octanol–water partition coefficient (Wildman–Crippen LogP) is 1.52. The molecule has 4 heteroatoms. The van der Waals surface area contributed by atoms with Crippen molar-refractivity contribution in [1.82, 2.24) is 9.80 Å². The van der Waals surface area contributed by atoms with Gasteiger partial charge < -0.3 is 10.0 Å². The van der Waals surface area contributed by atoms with Crippen LogP contribution >= 0.6 is 0 Å². The fourth-order valence-corrected chi connectivity index (χ4v) is 2.05. The molecule has 19 heavy (non-hydrogen) atoms. The lowest BCUT2D eigenvalue weighted by Crippen LogP contribution is -2.40. The molecular weight excluding hydrogens is 240 g/mol. The fourth-order valence-electron chi connectivity index (χ4n) is 2.05. The number of benzene rings is 1. The van der Waals surface area contributed by atoms with Crippen molar-refractivity contribution in [1.29, 1.82) is 0 Å². The first-order valence-corrected chi connectivity index (χ1v) is 6.77. The van der Waals surface area contributed by atoms with E-state index in [1.165, 1.54) is 0 Å². The van der Waals surface area contributed by atoms with Crippen LogP contribution in [0.25, 0.3) is 0 Å². The van der Waals surface area contributed by atoms with Crippen molar-refractivity contribution in [2.75, 3.05) is 33.2 Å². The number of hydrogen-bond acceptors (Lipinski definition) is 3. The third-order valence-electron chi connectivity index (χ3n) is 3.19. The molecule has 1 aromatic rings. The Morgan fingerprint density at radius 1 is 1.21 bits per heavy atom. The molecule has 0 aliphatic heterocycles. The number of carbonyl (C=O) groups is 1. The van der Waals surface area contributed by atoms with E-state index in [4.69, 9.17) is 0 Å². The van der Waals surface area contributed by atoms with Gasteiger partial charge in [-0.15, -0.1) is 0 Å². The number of amides is 1. The molecule has 1 unspecified atom stereocenters. The third kappa shape index (κ3) is 5.01. The molecule has 0 heterocycles. The normalized spacial score (nSPS) is 12.5. The second-order valence-corrected chi connectivity index (χ2v) is 4.69. The maximum absolute atomic E-state index is 11.9. The molecule has 0 saturated carbocycles. The SMILES string of the molecule is CCN(CC)C(=O)CN(C)CC(O)c1ccccc1. The average Bonchev–Trinajstić information content (AvgIpc) is 2.40. The van der Waals surface area contributed by atoms with Crippen LogP contribution in [0, 0.1) is 0 Å². The molecule has 0 fully saturated rings. The number of hydrogen-bond donors (Lipinski definition) is 1. The van der Waals surface area contributed by atoms with Gasteiger partial charge in [-0.1, -0.05) is 30.3 Å². The summed E-state index contributed by atoms with van der Waals surface area (Å²) in [5.41, 5.74) is 0.879. The van der Waals surface area contributed by atoms with Crippen LogP contribution in [0.4, 0.5) is 0 Å². The molecule has 1 amide bonds. The van der Waals surface area contributed by atoms with Crippen LogP contribution in [-0.2, 0) is 4.79 Å². The molecule has 4 nitrogen and oxygen atoms in total. The second kappa shape index (κ2) is 7.92. The number of carbonyl (C=O) groups excluding carboxylic acids is 1. The highest BCUT2D eigenvalue weighted by Crippen LogP contribution is 2.12. The fraction of sp³-hybridized carbons (Fsp3) is 0.533. The highest BCUT2D eigenvalue weighted by atomic mass is 16.3. The third-order valence-corrected chi connectivity index (χ3v) is 3.19. The minimum atomic E-state index is -0.560. The molecule has 1 atom stereocenters. The quantitative estimate of drug-likeness (QED) is 0.812. The summed E-state index contributed by atoms with van der Waals surface area (Å²) in [5.74, 6) is 0.104. The number of rotatable bonds is 7. The lowest BCUT2D eigenvalue weighted by atomic mass is 10.1. The highest BCUT2D eigenvalue weighted by molar-refractivity contribution is 5.78. The van der Waals surface area contributed by atoms with Gasteiger partial charge in [-0.3, -0.25) is 9.69 Å². The van der Waals surface area contributed by atoms with E-state index < -0.39 is 6.10 Å². The monoisotopic (exact) mass is 264 g/mol. The molecule has 0 aliphatic rings. The minimum Gasteiger partial charge on any atom is -0.387 e. The predicted molar refractivity (Wildman–Crippen MR) is 76.8 cm³/mol. The molecule has 0 spiro atoms. The zero-order valence-electron chi connectivity index (χ0n) is 12.0. The van der Waals surface area contributed by atoms with Crippen molar-refractivity contribution in [2.45, 2.75) is 20.0 Å². The molecule has 1 rings (SSSR count). The van der Waals surface area contributed by atoms with E-state index in [2.05, 4.69) is 0 Å². The smallest absolute Gasteiger partial charge is 0.236 e. The van der Waals surface area contributed by atoms with Crippen molar-refractivity contribution in [2.24, 2.45) is 0 Å². The minimum absolute atomic E-state index is 0.104.